The zero-order chi connectivity index (χ0) is 25.1. The van der Waals surface area contributed by atoms with Gasteiger partial charge in [0, 0.05) is 43.1 Å². The van der Waals surface area contributed by atoms with Gasteiger partial charge in [-0.3, -0.25) is 9.36 Å². The molecule has 36 heavy (non-hydrogen) atoms. The number of anilines is 1. The van der Waals surface area contributed by atoms with Crippen LogP contribution in [0.1, 0.15) is 18.1 Å². The monoisotopic (exact) mass is 497 g/mol. The molecule has 0 radical (unpaired) electrons. The van der Waals surface area contributed by atoms with E-state index in [1.54, 1.807) is 0 Å². The number of carbonyl (C=O) groups excluding carboxylic acids is 1. The first-order chi connectivity index (χ1) is 17.5. The summed E-state index contributed by atoms with van der Waals surface area (Å²) in [7, 11) is 0. The number of hydrogen-bond donors (Lipinski definition) is 0. The van der Waals surface area contributed by atoms with Crippen LogP contribution in [0.2, 0.25) is 0 Å². The highest BCUT2D eigenvalue weighted by molar-refractivity contribution is 8.00. The van der Waals surface area contributed by atoms with Crippen LogP contribution in [0.25, 0.3) is 17.1 Å². The van der Waals surface area contributed by atoms with Crippen molar-refractivity contribution >= 4 is 23.4 Å². The van der Waals surface area contributed by atoms with Gasteiger partial charge in [-0.1, -0.05) is 77.5 Å². The number of amides is 1. The van der Waals surface area contributed by atoms with E-state index in [0.717, 1.165) is 48.4 Å². The third-order valence-electron chi connectivity index (χ3n) is 6.58. The topological polar surface area (TPSA) is 54.3 Å². The lowest BCUT2D eigenvalue weighted by molar-refractivity contribution is -0.130. The van der Waals surface area contributed by atoms with Gasteiger partial charge in [-0.05, 0) is 45.0 Å². The lowest BCUT2D eigenvalue weighted by Crippen LogP contribution is -2.50. The van der Waals surface area contributed by atoms with Crippen molar-refractivity contribution < 1.29 is 4.79 Å². The number of hydrogen-bond acceptors (Lipinski definition) is 5. The Morgan fingerprint density at radius 2 is 1.39 bits per heavy atom. The fourth-order valence-electron chi connectivity index (χ4n) is 4.45. The van der Waals surface area contributed by atoms with E-state index >= 15 is 0 Å². The van der Waals surface area contributed by atoms with E-state index in [0.29, 0.717) is 0 Å². The van der Waals surface area contributed by atoms with E-state index in [9.17, 15) is 4.79 Å². The van der Waals surface area contributed by atoms with Gasteiger partial charge in [-0.25, -0.2) is 0 Å². The van der Waals surface area contributed by atoms with E-state index in [1.165, 1.54) is 28.6 Å². The van der Waals surface area contributed by atoms with Crippen molar-refractivity contribution in [3.05, 3.63) is 90.0 Å². The predicted molar refractivity (Wildman–Crippen MR) is 147 cm³/mol. The molecule has 1 aliphatic rings. The smallest absolute Gasteiger partial charge is 0.236 e. The largest absolute Gasteiger partial charge is 0.368 e. The second-order valence-electron chi connectivity index (χ2n) is 9.25. The number of thioether (sulfide) groups is 1. The summed E-state index contributed by atoms with van der Waals surface area (Å²) in [6, 6.07) is 27.0. The Kier molecular flexibility index (Phi) is 7.09. The summed E-state index contributed by atoms with van der Waals surface area (Å²) in [5, 5.41) is 9.52. The van der Waals surface area contributed by atoms with Gasteiger partial charge in [0.1, 0.15) is 0 Å². The van der Waals surface area contributed by atoms with E-state index in [1.807, 2.05) is 17.9 Å². The van der Waals surface area contributed by atoms with Crippen LogP contribution in [0, 0.1) is 13.8 Å². The van der Waals surface area contributed by atoms with Crippen LogP contribution in [0.3, 0.4) is 0 Å². The van der Waals surface area contributed by atoms with Gasteiger partial charge in [-0.15, -0.1) is 10.2 Å². The normalized spacial score (nSPS) is 14.6. The maximum Gasteiger partial charge on any atom is 0.236 e. The van der Waals surface area contributed by atoms with Crippen LogP contribution in [-0.2, 0) is 4.79 Å². The molecule has 1 fully saturated rings. The van der Waals surface area contributed by atoms with Crippen molar-refractivity contribution in [1.82, 2.24) is 19.7 Å². The average molecular weight is 498 g/mol. The van der Waals surface area contributed by atoms with E-state index in [4.69, 9.17) is 0 Å². The Bertz CT molecular complexity index is 1310. The number of rotatable bonds is 6. The molecule has 0 bridgehead atoms. The minimum Gasteiger partial charge on any atom is -0.368 e. The van der Waals surface area contributed by atoms with Crippen molar-refractivity contribution in [1.29, 1.82) is 0 Å². The van der Waals surface area contributed by atoms with E-state index < -0.39 is 0 Å². The molecule has 0 N–H and O–H groups in total. The van der Waals surface area contributed by atoms with Crippen molar-refractivity contribution in [3.8, 4) is 17.1 Å². The van der Waals surface area contributed by atoms with Crippen molar-refractivity contribution in [2.75, 3.05) is 31.1 Å². The standard InChI is InChI=1S/C29H31N5OS/c1-21-9-13-24(14-10-21)27-30-31-29(34(27)26-15-11-22(2)12-16-26)36-23(3)28(35)33-19-17-32(18-20-33)25-7-5-4-6-8-25/h4-16,23H,17-20H2,1-3H3. The lowest BCUT2D eigenvalue weighted by Gasteiger charge is -2.37. The molecule has 7 heteroatoms. The molecule has 1 unspecified atom stereocenters. The van der Waals surface area contributed by atoms with Gasteiger partial charge >= 0.3 is 0 Å². The minimum absolute atomic E-state index is 0.142. The van der Waals surface area contributed by atoms with E-state index in [2.05, 4.69) is 106 Å². The molecule has 184 valence electrons. The molecule has 1 saturated heterocycles. The Morgan fingerprint density at radius 1 is 0.778 bits per heavy atom. The molecule has 0 aliphatic carbocycles. The first-order valence-electron chi connectivity index (χ1n) is 12.3. The third-order valence-corrected chi connectivity index (χ3v) is 7.61. The number of carbonyl (C=O) groups is 1. The van der Waals surface area contributed by atoms with Crippen LogP contribution in [0.4, 0.5) is 5.69 Å². The predicted octanol–water partition coefficient (Wildman–Crippen LogP) is 5.38. The Morgan fingerprint density at radius 3 is 2.03 bits per heavy atom. The van der Waals surface area contributed by atoms with Crippen molar-refractivity contribution in [2.24, 2.45) is 0 Å². The summed E-state index contributed by atoms with van der Waals surface area (Å²) >= 11 is 1.47. The highest BCUT2D eigenvalue weighted by Crippen LogP contribution is 2.31. The zero-order valence-electron chi connectivity index (χ0n) is 21.0. The summed E-state index contributed by atoms with van der Waals surface area (Å²) in [4.78, 5) is 17.7. The van der Waals surface area contributed by atoms with Gasteiger partial charge < -0.3 is 9.80 Å². The highest BCUT2D eigenvalue weighted by Gasteiger charge is 2.28. The molecule has 3 aromatic carbocycles. The minimum atomic E-state index is -0.271. The Balaban J connectivity index is 1.34. The number of aryl methyl sites for hydroxylation is 2. The number of piperazine rings is 1. The van der Waals surface area contributed by atoms with Crippen LogP contribution in [0.5, 0.6) is 0 Å². The lowest BCUT2D eigenvalue weighted by atomic mass is 10.1. The van der Waals surface area contributed by atoms with Crippen LogP contribution >= 0.6 is 11.8 Å². The fraction of sp³-hybridized carbons (Fsp3) is 0.276. The molecule has 1 aromatic heterocycles. The summed E-state index contributed by atoms with van der Waals surface area (Å²) in [5.74, 6) is 0.917. The maximum atomic E-state index is 13.4. The molecule has 2 heterocycles. The SMILES string of the molecule is Cc1ccc(-c2nnc(SC(C)C(=O)N3CCN(c4ccccc4)CC3)n2-c2ccc(C)cc2)cc1. The molecule has 5 rings (SSSR count). The first kappa shape index (κ1) is 24.1. The molecular weight excluding hydrogens is 466 g/mol. The van der Waals surface area contributed by atoms with Gasteiger partial charge in [0.25, 0.3) is 0 Å². The second-order valence-corrected chi connectivity index (χ2v) is 10.6. The number of para-hydroxylation sites is 1. The highest BCUT2D eigenvalue weighted by atomic mass is 32.2. The number of aromatic nitrogens is 3. The van der Waals surface area contributed by atoms with E-state index in [-0.39, 0.29) is 11.2 Å². The van der Waals surface area contributed by atoms with Gasteiger partial charge in [0.05, 0.1) is 5.25 Å². The quantitative estimate of drug-likeness (QED) is 0.335. The first-order valence-corrected chi connectivity index (χ1v) is 13.2. The number of nitrogens with zero attached hydrogens (tertiary/aromatic N) is 5. The van der Waals surface area contributed by atoms with Gasteiger partial charge in [0.2, 0.25) is 5.91 Å². The van der Waals surface area contributed by atoms with Crippen molar-refractivity contribution in [3.63, 3.8) is 0 Å². The fourth-order valence-corrected chi connectivity index (χ4v) is 5.40. The molecule has 1 amide bonds. The summed E-state index contributed by atoms with van der Waals surface area (Å²) < 4.78 is 2.06. The van der Waals surface area contributed by atoms with Crippen LogP contribution in [0.15, 0.2) is 84.0 Å². The van der Waals surface area contributed by atoms with Crippen LogP contribution in [-0.4, -0.2) is 57.0 Å². The molecule has 6 nitrogen and oxygen atoms in total. The molecule has 0 spiro atoms. The third kappa shape index (κ3) is 5.16. The summed E-state index contributed by atoms with van der Waals surface area (Å²) in [6.07, 6.45) is 0. The Hall–Kier alpha value is -3.58. The maximum absolute atomic E-state index is 13.4. The molecule has 1 aliphatic heterocycles. The van der Waals surface area contributed by atoms with Gasteiger partial charge in [0.15, 0.2) is 11.0 Å². The van der Waals surface area contributed by atoms with Crippen LogP contribution < -0.4 is 4.90 Å². The second kappa shape index (κ2) is 10.6. The summed E-state index contributed by atoms with van der Waals surface area (Å²) in [5.41, 5.74) is 5.58. The van der Waals surface area contributed by atoms with Gasteiger partial charge in [-0.2, -0.15) is 0 Å². The molecule has 0 saturated carbocycles. The average Bonchev–Trinajstić information content (AvgIpc) is 3.33. The Labute approximate surface area is 217 Å². The molecule has 4 aromatic rings. The summed E-state index contributed by atoms with van der Waals surface area (Å²) in [6.45, 7) is 9.23. The molecule has 1 atom stereocenters. The van der Waals surface area contributed by atoms with Crippen molar-refractivity contribution in [2.45, 2.75) is 31.2 Å². The number of benzene rings is 3. The zero-order valence-corrected chi connectivity index (χ0v) is 21.8. The molecular formula is C29H31N5OS.